The van der Waals surface area contributed by atoms with Crippen molar-refractivity contribution in [1.29, 1.82) is 0 Å². The van der Waals surface area contributed by atoms with Gasteiger partial charge in [0.1, 0.15) is 0 Å². The molecule has 1 rings (SSSR count). The molecule has 19 heavy (non-hydrogen) atoms. The lowest BCUT2D eigenvalue weighted by atomic mass is 10.1. The quantitative estimate of drug-likeness (QED) is 0.777. The summed E-state index contributed by atoms with van der Waals surface area (Å²) in [6.45, 7) is 4.37. The zero-order valence-electron chi connectivity index (χ0n) is 10.8. The van der Waals surface area contributed by atoms with Gasteiger partial charge < -0.3 is 15.7 Å². The van der Waals surface area contributed by atoms with Crippen LogP contribution < -0.4 is 10.6 Å². The summed E-state index contributed by atoms with van der Waals surface area (Å²) in [6.07, 6.45) is 0. The first kappa shape index (κ1) is 15.3. The van der Waals surface area contributed by atoms with Gasteiger partial charge in [0, 0.05) is 17.1 Å². The van der Waals surface area contributed by atoms with Crippen molar-refractivity contribution in [3.8, 4) is 0 Å². The molecule has 0 spiro atoms. The van der Waals surface area contributed by atoms with E-state index in [9.17, 15) is 14.7 Å². The van der Waals surface area contributed by atoms with Gasteiger partial charge >= 0.3 is 12.0 Å². The Bertz CT molecular complexity index is 463. The standard InChI is InChI=1S/C13H17ClN2O3/c1-8(2)7-15-13(19)16-11(12(17)18)9-5-3-4-6-10(9)14/h3-6,8,11H,7H2,1-2H3,(H,17,18)(H2,15,16,19)/t11-/m1/s1. The second-order valence-electron chi connectivity index (χ2n) is 4.54. The summed E-state index contributed by atoms with van der Waals surface area (Å²) in [4.78, 5) is 22.8. The Morgan fingerprint density at radius 2 is 1.95 bits per heavy atom. The fraction of sp³-hybridized carbons (Fsp3) is 0.385. The van der Waals surface area contributed by atoms with Crippen LogP contribution in [0.4, 0.5) is 4.79 Å². The first-order valence-corrected chi connectivity index (χ1v) is 6.31. The van der Waals surface area contributed by atoms with E-state index in [1.54, 1.807) is 24.3 Å². The average molecular weight is 285 g/mol. The van der Waals surface area contributed by atoms with Crippen LogP contribution in [0, 0.1) is 5.92 Å². The molecule has 5 nitrogen and oxygen atoms in total. The van der Waals surface area contributed by atoms with E-state index in [0.717, 1.165) is 0 Å². The molecule has 0 saturated carbocycles. The highest BCUT2D eigenvalue weighted by Crippen LogP contribution is 2.22. The second kappa shape index (κ2) is 6.99. The van der Waals surface area contributed by atoms with Gasteiger partial charge in [-0.15, -0.1) is 0 Å². The minimum atomic E-state index is -1.17. The molecule has 3 N–H and O–H groups in total. The minimum Gasteiger partial charge on any atom is -0.479 e. The topological polar surface area (TPSA) is 78.4 Å². The summed E-state index contributed by atoms with van der Waals surface area (Å²) in [7, 11) is 0. The van der Waals surface area contributed by atoms with Gasteiger partial charge in [-0.2, -0.15) is 0 Å². The molecule has 104 valence electrons. The van der Waals surface area contributed by atoms with Crippen LogP contribution in [0.2, 0.25) is 5.02 Å². The van der Waals surface area contributed by atoms with Crippen molar-refractivity contribution in [3.05, 3.63) is 34.9 Å². The maximum atomic E-state index is 11.6. The van der Waals surface area contributed by atoms with Crippen LogP contribution in [0.1, 0.15) is 25.5 Å². The number of hydrogen-bond acceptors (Lipinski definition) is 2. The number of aliphatic carboxylic acids is 1. The van der Waals surface area contributed by atoms with E-state index in [1.165, 1.54) is 0 Å². The maximum Gasteiger partial charge on any atom is 0.331 e. The predicted octanol–water partition coefficient (Wildman–Crippen LogP) is 2.42. The first-order valence-electron chi connectivity index (χ1n) is 5.93. The van der Waals surface area contributed by atoms with Crippen LogP contribution in [0.3, 0.4) is 0 Å². The van der Waals surface area contributed by atoms with Crippen LogP contribution in [-0.2, 0) is 4.79 Å². The number of hydrogen-bond donors (Lipinski definition) is 3. The molecule has 0 saturated heterocycles. The fourth-order valence-electron chi connectivity index (χ4n) is 1.46. The van der Waals surface area contributed by atoms with Gasteiger partial charge in [-0.3, -0.25) is 0 Å². The van der Waals surface area contributed by atoms with E-state index < -0.39 is 18.0 Å². The zero-order valence-corrected chi connectivity index (χ0v) is 11.6. The van der Waals surface area contributed by atoms with Gasteiger partial charge in [-0.05, 0) is 12.0 Å². The largest absolute Gasteiger partial charge is 0.479 e. The van der Waals surface area contributed by atoms with E-state index in [0.29, 0.717) is 17.1 Å². The molecule has 0 aliphatic heterocycles. The third kappa shape index (κ3) is 4.79. The number of carbonyl (C=O) groups excluding carboxylic acids is 1. The number of carboxylic acids is 1. The highest BCUT2D eigenvalue weighted by Gasteiger charge is 2.23. The minimum absolute atomic E-state index is 0.286. The normalized spacial score (nSPS) is 12.0. The zero-order chi connectivity index (χ0) is 14.4. The molecule has 0 radical (unpaired) electrons. The first-order chi connectivity index (χ1) is 8.91. The molecule has 1 aromatic rings. The van der Waals surface area contributed by atoms with Crippen molar-refractivity contribution in [2.45, 2.75) is 19.9 Å². The van der Waals surface area contributed by atoms with Crippen LogP contribution in [0.25, 0.3) is 0 Å². The summed E-state index contributed by atoms with van der Waals surface area (Å²) in [5.41, 5.74) is 0.358. The van der Waals surface area contributed by atoms with E-state index in [4.69, 9.17) is 11.6 Å². The molecule has 0 aliphatic carbocycles. The molecular formula is C13H17ClN2O3. The van der Waals surface area contributed by atoms with Crippen LogP contribution in [0.15, 0.2) is 24.3 Å². The lowest BCUT2D eigenvalue weighted by Gasteiger charge is -2.17. The smallest absolute Gasteiger partial charge is 0.331 e. The van der Waals surface area contributed by atoms with Crippen molar-refractivity contribution in [2.24, 2.45) is 5.92 Å². The van der Waals surface area contributed by atoms with E-state index in [2.05, 4.69) is 10.6 Å². The van der Waals surface area contributed by atoms with Gasteiger partial charge in [0.15, 0.2) is 6.04 Å². The number of halogens is 1. The monoisotopic (exact) mass is 284 g/mol. The molecule has 2 amide bonds. The van der Waals surface area contributed by atoms with Crippen molar-refractivity contribution >= 4 is 23.6 Å². The number of benzene rings is 1. The van der Waals surface area contributed by atoms with Crippen molar-refractivity contribution < 1.29 is 14.7 Å². The molecule has 0 aliphatic rings. The molecule has 0 unspecified atom stereocenters. The molecule has 6 heteroatoms. The number of amides is 2. The average Bonchev–Trinajstić information content (AvgIpc) is 2.34. The van der Waals surface area contributed by atoms with Crippen LogP contribution in [0.5, 0.6) is 0 Å². The Morgan fingerprint density at radius 1 is 1.32 bits per heavy atom. The Morgan fingerprint density at radius 3 is 2.47 bits per heavy atom. The maximum absolute atomic E-state index is 11.6. The second-order valence-corrected chi connectivity index (χ2v) is 4.95. The van der Waals surface area contributed by atoms with E-state index in [1.807, 2.05) is 13.8 Å². The summed E-state index contributed by atoms with van der Waals surface area (Å²) in [5, 5.41) is 14.5. The molecule has 0 fully saturated rings. The highest BCUT2D eigenvalue weighted by molar-refractivity contribution is 6.31. The summed E-state index contributed by atoms with van der Waals surface area (Å²) in [5.74, 6) is -0.873. The highest BCUT2D eigenvalue weighted by atomic mass is 35.5. The third-order valence-corrected chi connectivity index (χ3v) is 2.75. The predicted molar refractivity (Wildman–Crippen MR) is 73.2 cm³/mol. The molecule has 0 aromatic heterocycles. The molecule has 1 atom stereocenters. The SMILES string of the molecule is CC(C)CNC(=O)N[C@@H](C(=O)O)c1ccccc1Cl. The number of carboxylic acid groups (broad SMARTS) is 1. The van der Waals surface area contributed by atoms with Gasteiger partial charge in [0.2, 0.25) is 0 Å². The van der Waals surface area contributed by atoms with Crippen LogP contribution in [-0.4, -0.2) is 23.7 Å². The molecule has 1 aromatic carbocycles. The van der Waals surface area contributed by atoms with Crippen LogP contribution >= 0.6 is 11.6 Å². The van der Waals surface area contributed by atoms with Gasteiger partial charge in [0.25, 0.3) is 0 Å². The molecule has 0 heterocycles. The lowest BCUT2D eigenvalue weighted by Crippen LogP contribution is -2.42. The number of carbonyl (C=O) groups is 2. The fourth-order valence-corrected chi connectivity index (χ4v) is 1.71. The Kier molecular flexibility index (Phi) is 5.63. The summed E-state index contributed by atoms with van der Waals surface area (Å²) in [6, 6.07) is 4.83. The summed E-state index contributed by atoms with van der Waals surface area (Å²) < 4.78 is 0. The van der Waals surface area contributed by atoms with E-state index in [-0.39, 0.29) is 5.92 Å². The third-order valence-electron chi connectivity index (χ3n) is 2.41. The number of urea groups is 1. The van der Waals surface area contributed by atoms with E-state index >= 15 is 0 Å². The van der Waals surface area contributed by atoms with Crippen molar-refractivity contribution in [1.82, 2.24) is 10.6 Å². The Labute approximate surface area is 117 Å². The van der Waals surface area contributed by atoms with Crippen molar-refractivity contribution in [3.63, 3.8) is 0 Å². The Balaban J connectivity index is 2.77. The lowest BCUT2D eigenvalue weighted by molar-refractivity contribution is -0.139. The number of rotatable bonds is 5. The van der Waals surface area contributed by atoms with Crippen molar-refractivity contribution in [2.75, 3.05) is 6.54 Å². The Hall–Kier alpha value is -1.75. The van der Waals surface area contributed by atoms with Gasteiger partial charge in [-0.25, -0.2) is 9.59 Å². The van der Waals surface area contributed by atoms with Gasteiger partial charge in [0.05, 0.1) is 0 Å². The molecule has 0 bridgehead atoms. The van der Waals surface area contributed by atoms with Gasteiger partial charge in [-0.1, -0.05) is 43.6 Å². The molecular weight excluding hydrogens is 268 g/mol. The number of nitrogens with one attached hydrogen (secondary N) is 2. The summed E-state index contributed by atoms with van der Waals surface area (Å²) >= 11 is 5.94.